The van der Waals surface area contributed by atoms with Crippen LogP contribution in [0.1, 0.15) is 75.8 Å². The summed E-state index contributed by atoms with van der Waals surface area (Å²) in [5.74, 6) is -0.0880. The molecule has 4 rings (SSSR count). The Hall–Kier alpha value is -1.79. The van der Waals surface area contributed by atoms with Gasteiger partial charge in [0.15, 0.2) is 0 Å². The van der Waals surface area contributed by atoms with E-state index in [9.17, 15) is 18.3 Å². The molecule has 0 aromatic heterocycles. The van der Waals surface area contributed by atoms with E-state index >= 15 is 0 Å². The van der Waals surface area contributed by atoms with Crippen molar-refractivity contribution in [3.8, 4) is 5.75 Å². The highest BCUT2D eigenvalue weighted by Gasteiger charge is 2.40. The van der Waals surface area contributed by atoms with Crippen LogP contribution in [-0.2, 0) is 11.7 Å². The van der Waals surface area contributed by atoms with Crippen molar-refractivity contribution in [2.45, 2.75) is 82.5 Å². The minimum absolute atomic E-state index is 0.0880. The molecule has 0 saturated heterocycles. The van der Waals surface area contributed by atoms with Gasteiger partial charge in [0.25, 0.3) is 0 Å². The van der Waals surface area contributed by atoms with E-state index in [-0.39, 0.29) is 23.8 Å². The lowest BCUT2D eigenvalue weighted by molar-refractivity contribution is -0.138. The van der Waals surface area contributed by atoms with Crippen molar-refractivity contribution in [3.63, 3.8) is 0 Å². The Morgan fingerprint density at radius 1 is 1.03 bits per heavy atom. The van der Waals surface area contributed by atoms with Gasteiger partial charge in [0.2, 0.25) is 0 Å². The summed E-state index contributed by atoms with van der Waals surface area (Å²) < 4.78 is 48.2. The van der Waals surface area contributed by atoms with E-state index in [2.05, 4.69) is 0 Å². The van der Waals surface area contributed by atoms with Gasteiger partial charge in [0.1, 0.15) is 11.3 Å². The van der Waals surface area contributed by atoms with Crippen molar-refractivity contribution in [3.05, 3.63) is 41.5 Å². The van der Waals surface area contributed by atoms with Gasteiger partial charge in [-0.15, -0.1) is 0 Å². The van der Waals surface area contributed by atoms with E-state index in [4.69, 9.17) is 10.5 Å². The number of ether oxygens (including phenoxy) is 1. The number of halogens is 3. The minimum Gasteiger partial charge on any atom is -0.490 e. The summed E-state index contributed by atoms with van der Waals surface area (Å²) in [6.07, 6.45) is 5.37. The Morgan fingerprint density at radius 2 is 1.71 bits per heavy atom. The molecule has 2 fully saturated rings. The van der Waals surface area contributed by atoms with E-state index in [0.29, 0.717) is 16.4 Å². The molecule has 0 bridgehead atoms. The summed E-state index contributed by atoms with van der Waals surface area (Å²) in [5, 5.41) is 10.0. The summed E-state index contributed by atoms with van der Waals surface area (Å²) in [4.78, 5) is 0. The van der Waals surface area contributed by atoms with Crippen LogP contribution >= 0.6 is 0 Å². The van der Waals surface area contributed by atoms with Crippen LogP contribution in [0, 0.1) is 5.41 Å². The van der Waals surface area contributed by atoms with Gasteiger partial charge in [0.05, 0.1) is 18.2 Å². The molecule has 0 radical (unpaired) electrons. The molecular weight excluding hydrogens is 403 g/mol. The fraction of sp³-hybridized carbons (Fsp3) is 0.600. The smallest absolute Gasteiger partial charge is 0.420 e. The van der Waals surface area contributed by atoms with Gasteiger partial charge in [-0.3, -0.25) is 0 Å². The summed E-state index contributed by atoms with van der Waals surface area (Å²) >= 11 is 0. The van der Waals surface area contributed by atoms with Crippen molar-refractivity contribution >= 4 is 10.8 Å². The van der Waals surface area contributed by atoms with Crippen molar-refractivity contribution in [1.29, 1.82) is 0 Å². The van der Waals surface area contributed by atoms with Crippen LogP contribution < -0.4 is 10.5 Å². The van der Waals surface area contributed by atoms with E-state index < -0.39 is 17.3 Å². The zero-order valence-electron chi connectivity index (χ0n) is 18.1. The molecule has 2 aromatic rings. The van der Waals surface area contributed by atoms with Gasteiger partial charge in [-0.25, -0.2) is 0 Å². The third-order valence-electron chi connectivity index (χ3n) is 7.45. The summed E-state index contributed by atoms with van der Waals surface area (Å²) in [7, 11) is 0. The molecule has 170 valence electrons. The molecule has 2 aliphatic carbocycles. The molecule has 6 heteroatoms. The molecule has 31 heavy (non-hydrogen) atoms. The minimum atomic E-state index is -4.53. The fourth-order valence-corrected chi connectivity index (χ4v) is 5.45. The molecule has 2 aliphatic rings. The second-order valence-electron chi connectivity index (χ2n) is 9.83. The van der Waals surface area contributed by atoms with Crippen LogP contribution in [-0.4, -0.2) is 17.8 Å². The Bertz CT molecular complexity index is 922. The van der Waals surface area contributed by atoms with Gasteiger partial charge < -0.3 is 15.6 Å². The number of hydrogen-bond acceptors (Lipinski definition) is 3. The Morgan fingerprint density at radius 3 is 2.32 bits per heavy atom. The Kier molecular flexibility index (Phi) is 5.99. The second kappa shape index (κ2) is 8.28. The molecule has 3 nitrogen and oxygen atoms in total. The van der Waals surface area contributed by atoms with Crippen LogP contribution in [0.15, 0.2) is 30.3 Å². The maximum absolute atomic E-state index is 14.1. The molecule has 0 amide bonds. The summed E-state index contributed by atoms with van der Waals surface area (Å²) in [6, 6.07) is 7.72. The van der Waals surface area contributed by atoms with Crippen molar-refractivity contribution < 1.29 is 23.0 Å². The SMILES string of the molecule is C[C@](N)(CO)c1ccc2c(C(F)(F)F)c(OC3CCC4(CCCCC4)CC3)ccc2c1. The lowest BCUT2D eigenvalue weighted by atomic mass is 9.65. The van der Waals surface area contributed by atoms with Crippen LogP contribution in [0.5, 0.6) is 5.75 Å². The number of aliphatic hydroxyl groups is 1. The summed E-state index contributed by atoms with van der Waals surface area (Å²) in [5.41, 5.74) is 5.32. The van der Waals surface area contributed by atoms with Crippen LogP contribution in [0.3, 0.4) is 0 Å². The highest BCUT2D eigenvalue weighted by atomic mass is 19.4. The maximum atomic E-state index is 14.1. The zero-order chi connectivity index (χ0) is 22.3. The Labute approximate surface area is 181 Å². The van der Waals surface area contributed by atoms with Gasteiger partial charge in [-0.1, -0.05) is 37.5 Å². The lowest BCUT2D eigenvalue weighted by Crippen LogP contribution is -2.36. The van der Waals surface area contributed by atoms with E-state index in [1.807, 2.05) is 0 Å². The van der Waals surface area contributed by atoms with Gasteiger partial charge in [-0.05, 0) is 79.3 Å². The fourth-order valence-electron chi connectivity index (χ4n) is 5.45. The average molecular weight is 436 g/mol. The second-order valence-corrected chi connectivity index (χ2v) is 9.83. The molecular formula is C25H32F3NO2. The van der Waals surface area contributed by atoms with E-state index in [0.717, 1.165) is 25.7 Å². The molecule has 2 aromatic carbocycles. The molecule has 0 unspecified atom stereocenters. The van der Waals surface area contributed by atoms with Gasteiger partial charge >= 0.3 is 6.18 Å². The van der Waals surface area contributed by atoms with Crippen LogP contribution in [0.25, 0.3) is 10.8 Å². The van der Waals surface area contributed by atoms with Gasteiger partial charge in [0, 0.05) is 0 Å². The standard InChI is InChI=1S/C25H32F3NO2/c1-23(29,16-30)18-6-7-20-17(15-18)5-8-21(22(20)25(26,27)28)31-19-9-13-24(14-10-19)11-3-2-4-12-24/h5-8,15,19,30H,2-4,9-14,16,29H2,1H3/t23-/m0/s1. The first-order valence-corrected chi connectivity index (χ1v) is 11.3. The highest BCUT2D eigenvalue weighted by molar-refractivity contribution is 5.89. The van der Waals surface area contributed by atoms with E-state index in [1.54, 1.807) is 25.1 Å². The number of aliphatic hydroxyl groups excluding tert-OH is 1. The quantitative estimate of drug-likeness (QED) is 0.593. The normalized spacial score (nSPS) is 21.9. The molecule has 1 spiro atoms. The molecule has 0 aliphatic heterocycles. The zero-order valence-corrected chi connectivity index (χ0v) is 18.1. The molecule has 3 N–H and O–H groups in total. The van der Waals surface area contributed by atoms with Crippen molar-refractivity contribution in [1.82, 2.24) is 0 Å². The first-order chi connectivity index (χ1) is 14.6. The predicted octanol–water partition coefficient (Wildman–Crippen LogP) is 6.30. The predicted molar refractivity (Wildman–Crippen MR) is 116 cm³/mol. The number of fused-ring (bicyclic) bond motifs is 1. The van der Waals surface area contributed by atoms with Crippen molar-refractivity contribution in [2.24, 2.45) is 11.1 Å². The van der Waals surface area contributed by atoms with Crippen LogP contribution in [0.4, 0.5) is 13.2 Å². The topological polar surface area (TPSA) is 55.5 Å². The average Bonchev–Trinajstić information content (AvgIpc) is 2.74. The molecule has 2 saturated carbocycles. The number of rotatable bonds is 4. The first-order valence-electron chi connectivity index (χ1n) is 11.3. The number of hydrogen-bond donors (Lipinski definition) is 2. The van der Waals surface area contributed by atoms with Gasteiger partial charge in [-0.2, -0.15) is 13.2 Å². The number of alkyl halides is 3. The first kappa shape index (κ1) is 22.4. The summed E-state index contributed by atoms with van der Waals surface area (Å²) in [6.45, 7) is 1.35. The largest absolute Gasteiger partial charge is 0.490 e. The monoisotopic (exact) mass is 435 g/mol. The molecule has 0 heterocycles. The maximum Gasteiger partial charge on any atom is 0.420 e. The van der Waals surface area contributed by atoms with Crippen molar-refractivity contribution in [2.75, 3.05) is 6.61 Å². The highest BCUT2D eigenvalue weighted by Crippen LogP contribution is 2.49. The van der Waals surface area contributed by atoms with Crippen LogP contribution in [0.2, 0.25) is 0 Å². The van der Waals surface area contributed by atoms with E-state index in [1.165, 1.54) is 44.2 Å². The number of benzene rings is 2. The Balaban J connectivity index is 1.61. The third kappa shape index (κ3) is 4.56. The molecule has 1 atom stereocenters. The lowest BCUT2D eigenvalue weighted by Gasteiger charge is -2.43. The third-order valence-corrected chi connectivity index (χ3v) is 7.45. The number of nitrogens with two attached hydrogens (primary N) is 1.